The molecule has 0 radical (unpaired) electrons. The van der Waals surface area contributed by atoms with E-state index in [4.69, 9.17) is 5.11 Å². The molecule has 7 nitrogen and oxygen atoms in total. The highest BCUT2D eigenvalue weighted by atomic mass is 16.5. The number of carbonyl (C=O) groups is 3. The fourth-order valence-corrected chi connectivity index (χ4v) is 1.01. The Morgan fingerprint density at radius 1 is 1.38 bits per heavy atom. The van der Waals surface area contributed by atoms with E-state index in [0.717, 1.165) is 7.11 Å². The Bertz CT molecular complexity index is 267. The van der Waals surface area contributed by atoms with Gasteiger partial charge < -0.3 is 9.84 Å². The van der Waals surface area contributed by atoms with Crippen LogP contribution in [-0.4, -0.2) is 54.7 Å². The predicted molar refractivity (Wildman–Crippen MR) is 54.9 cm³/mol. The van der Waals surface area contributed by atoms with Crippen LogP contribution < -0.4 is 5.32 Å². The number of methoxy groups -OCH3 is 1. The molecular weight excluding hydrogens is 216 g/mol. The predicted octanol–water partition coefficient (Wildman–Crippen LogP) is -0.334. The Balaban J connectivity index is 3.96. The lowest BCUT2D eigenvalue weighted by molar-refractivity contribution is -0.137. The van der Waals surface area contributed by atoms with Gasteiger partial charge in [-0.05, 0) is 6.54 Å². The summed E-state index contributed by atoms with van der Waals surface area (Å²) >= 11 is 0. The number of hydrogen-bond acceptors (Lipinski definition) is 5. The van der Waals surface area contributed by atoms with Crippen molar-refractivity contribution in [2.24, 2.45) is 0 Å². The summed E-state index contributed by atoms with van der Waals surface area (Å²) in [6.07, 6.45) is -0.862. The average molecular weight is 232 g/mol. The van der Waals surface area contributed by atoms with Crippen LogP contribution in [0.15, 0.2) is 0 Å². The average Bonchev–Trinajstić information content (AvgIpc) is 2.23. The summed E-state index contributed by atoms with van der Waals surface area (Å²) in [6.45, 7) is 2.56. The number of carbonyl (C=O) groups excluding carboxylic acids is 2. The van der Waals surface area contributed by atoms with Crippen molar-refractivity contribution in [3.05, 3.63) is 0 Å². The van der Waals surface area contributed by atoms with Crippen LogP contribution in [-0.2, 0) is 14.3 Å². The molecule has 2 amide bonds. The van der Waals surface area contributed by atoms with E-state index in [1.807, 2.05) is 5.32 Å². The van der Waals surface area contributed by atoms with Crippen molar-refractivity contribution in [3.8, 4) is 0 Å². The van der Waals surface area contributed by atoms with Crippen LogP contribution >= 0.6 is 0 Å². The van der Waals surface area contributed by atoms with Crippen molar-refractivity contribution in [2.75, 3.05) is 26.7 Å². The lowest BCUT2D eigenvalue weighted by Crippen LogP contribution is -2.40. The van der Waals surface area contributed by atoms with Crippen molar-refractivity contribution in [3.63, 3.8) is 0 Å². The topological polar surface area (TPSA) is 95.9 Å². The summed E-state index contributed by atoms with van der Waals surface area (Å²) in [5.74, 6) is -1.44. The normalized spacial score (nSPS) is 9.94. The van der Waals surface area contributed by atoms with E-state index in [-0.39, 0.29) is 19.5 Å². The quantitative estimate of drug-likeness (QED) is 0.650. The highest BCUT2D eigenvalue weighted by Gasteiger charge is 2.12. The van der Waals surface area contributed by atoms with E-state index in [0.29, 0.717) is 6.54 Å². The van der Waals surface area contributed by atoms with Gasteiger partial charge in [0.1, 0.15) is 0 Å². The van der Waals surface area contributed by atoms with Crippen molar-refractivity contribution >= 4 is 18.0 Å². The first kappa shape index (κ1) is 14.4. The molecule has 0 spiro atoms. The Labute approximate surface area is 93.4 Å². The Kier molecular flexibility index (Phi) is 6.86. The van der Waals surface area contributed by atoms with Gasteiger partial charge in [-0.15, -0.1) is 0 Å². The standard InChI is InChI=1S/C9H16N2O5/c1-3-11(5-4-8(13)14)6-7(12)10-9(15)16-2/h3-6H2,1-2H3,(H,13,14)(H,10,12,15). The third kappa shape index (κ3) is 6.77. The summed E-state index contributed by atoms with van der Waals surface area (Å²) in [5.41, 5.74) is 0. The summed E-state index contributed by atoms with van der Waals surface area (Å²) in [6, 6.07) is 0. The first-order valence-electron chi connectivity index (χ1n) is 4.81. The number of carboxylic acids is 1. The lowest BCUT2D eigenvalue weighted by atomic mass is 10.3. The van der Waals surface area contributed by atoms with Gasteiger partial charge in [0, 0.05) is 6.54 Å². The SMILES string of the molecule is CCN(CCC(=O)O)CC(=O)NC(=O)OC. The minimum atomic E-state index is -0.924. The van der Waals surface area contributed by atoms with E-state index in [1.54, 1.807) is 11.8 Å². The lowest BCUT2D eigenvalue weighted by Gasteiger charge is -2.17. The van der Waals surface area contributed by atoms with E-state index >= 15 is 0 Å². The summed E-state index contributed by atoms with van der Waals surface area (Å²) in [7, 11) is 1.16. The van der Waals surface area contributed by atoms with Gasteiger partial charge in [0.15, 0.2) is 0 Å². The molecule has 0 bridgehead atoms. The van der Waals surface area contributed by atoms with E-state index in [1.165, 1.54) is 0 Å². The number of hydrogen-bond donors (Lipinski definition) is 2. The van der Waals surface area contributed by atoms with Crippen LogP contribution in [0, 0.1) is 0 Å². The summed E-state index contributed by atoms with van der Waals surface area (Å²) < 4.78 is 4.25. The first-order chi connectivity index (χ1) is 7.49. The Hall–Kier alpha value is -1.63. The van der Waals surface area contributed by atoms with Crippen LogP contribution in [0.5, 0.6) is 0 Å². The van der Waals surface area contributed by atoms with E-state index < -0.39 is 18.0 Å². The molecule has 0 aliphatic heterocycles. The minimum absolute atomic E-state index is 0.0289. The minimum Gasteiger partial charge on any atom is -0.481 e. The number of nitrogens with one attached hydrogen (secondary N) is 1. The second-order valence-corrected chi connectivity index (χ2v) is 3.05. The number of nitrogens with zero attached hydrogens (tertiary/aromatic N) is 1. The summed E-state index contributed by atoms with van der Waals surface area (Å²) in [5, 5.41) is 10.5. The van der Waals surface area contributed by atoms with Gasteiger partial charge in [0.25, 0.3) is 0 Å². The third-order valence-electron chi connectivity index (χ3n) is 1.88. The van der Waals surface area contributed by atoms with Crippen LogP contribution in [0.25, 0.3) is 0 Å². The smallest absolute Gasteiger partial charge is 0.413 e. The maximum atomic E-state index is 11.2. The molecule has 0 unspecified atom stereocenters. The second-order valence-electron chi connectivity index (χ2n) is 3.05. The van der Waals surface area contributed by atoms with Crippen LogP contribution in [0.2, 0.25) is 0 Å². The number of aliphatic carboxylic acids is 1. The van der Waals surface area contributed by atoms with Crippen molar-refractivity contribution < 1.29 is 24.2 Å². The molecule has 0 rings (SSSR count). The number of carboxylic acid groups (broad SMARTS) is 1. The largest absolute Gasteiger partial charge is 0.481 e. The molecule has 0 heterocycles. The van der Waals surface area contributed by atoms with Gasteiger partial charge in [-0.1, -0.05) is 6.92 Å². The number of alkyl carbamates (subject to hydrolysis) is 1. The molecule has 0 aromatic rings. The number of likely N-dealkylation sites (N-methyl/N-ethyl adjacent to an activating group) is 1. The third-order valence-corrected chi connectivity index (χ3v) is 1.88. The number of ether oxygens (including phenoxy) is 1. The van der Waals surface area contributed by atoms with E-state index in [2.05, 4.69) is 4.74 Å². The fraction of sp³-hybridized carbons (Fsp3) is 0.667. The molecule has 0 aliphatic rings. The second kappa shape index (κ2) is 7.63. The molecule has 0 saturated carbocycles. The fourth-order valence-electron chi connectivity index (χ4n) is 1.01. The molecule has 0 aliphatic carbocycles. The molecular formula is C9H16N2O5. The van der Waals surface area contributed by atoms with Gasteiger partial charge in [0.05, 0.1) is 20.1 Å². The van der Waals surface area contributed by atoms with Crippen LogP contribution in [0.4, 0.5) is 4.79 Å². The van der Waals surface area contributed by atoms with Gasteiger partial charge in [0.2, 0.25) is 5.91 Å². The highest BCUT2D eigenvalue weighted by Crippen LogP contribution is 1.91. The zero-order chi connectivity index (χ0) is 12.6. The van der Waals surface area contributed by atoms with Crippen molar-refractivity contribution in [1.82, 2.24) is 10.2 Å². The molecule has 0 saturated heterocycles. The molecule has 0 aromatic carbocycles. The number of imide groups is 1. The zero-order valence-electron chi connectivity index (χ0n) is 9.36. The van der Waals surface area contributed by atoms with E-state index in [9.17, 15) is 14.4 Å². The van der Waals surface area contributed by atoms with Gasteiger partial charge >= 0.3 is 12.1 Å². The van der Waals surface area contributed by atoms with Crippen LogP contribution in [0.1, 0.15) is 13.3 Å². The highest BCUT2D eigenvalue weighted by molar-refractivity contribution is 5.92. The zero-order valence-corrected chi connectivity index (χ0v) is 9.36. The number of rotatable bonds is 6. The molecule has 16 heavy (non-hydrogen) atoms. The van der Waals surface area contributed by atoms with Crippen LogP contribution in [0.3, 0.4) is 0 Å². The first-order valence-corrected chi connectivity index (χ1v) is 4.81. The van der Waals surface area contributed by atoms with Crippen molar-refractivity contribution in [2.45, 2.75) is 13.3 Å². The molecule has 0 aromatic heterocycles. The Morgan fingerprint density at radius 3 is 2.44 bits per heavy atom. The van der Waals surface area contributed by atoms with Gasteiger partial charge in [-0.2, -0.15) is 0 Å². The number of amides is 2. The maximum Gasteiger partial charge on any atom is 0.413 e. The molecule has 7 heteroatoms. The monoisotopic (exact) mass is 232 g/mol. The molecule has 92 valence electrons. The molecule has 0 atom stereocenters. The van der Waals surface area contributed by atoms with Gasteiger partial charge in [-0.25, -0.2) is 4.79 Å². The Morgan fingerprint density at radius 2 is 2.00 bits per heavy atom. The molecule has 2 N–H and O–H groups in total. The molecule has 0 fully saturated rings. The van der Waals surface area contributed by atoms with Gasteiger partial charge in [-0.3, -0.25) is 19.8 Å². The maximum absolute atomic E-state index is 11.2. The summed E-state index contributed by atoms with van der Waals surface area (Å²) in [4.78, 5) is 33.9. The van der Waals surface area contributed by atoms with Crippen molar-refractivity contribution in [1.29, 1.82) is 0 Å².